The third-order valence-corrected chi connectivity index (χ3v) is 5.12. The van der Waals surface area contributed by atoms with Crippen LogP contribution in [-0.4, -0.2) is 15.9 Å². The smallest absolute Gasteiger partial charge is 0.417 e. The van der Waals surface area contributed by atoms with Crippen LogP contribution < -0.4 is 10.1 Å². The van der Waals surface area contributed by atoms with Crippen LogP contribution in [0.5, 0.6) is 5.88 Å². The van der Waals surface area contributed by atoms with Crippen LogP contribution >= 0.6 is 11.6 Å². The Bertz CT molecular complexity index is 1040. The van der Waals surface area contributed by atoms with Gasteiger partial charge in [-0.2, -0.15) is 13.2 Å². The van der Waals surface area contributed by atoms with Crippen molar-refractivity contribution < 1.29 is 22.7 Å². The zero-order chi connectivity index (χ0) is 23.1. The summed E-state index contributed by atoms with van der Waals surface area (Å²) in [7, 11) is 0. The molecule has 0 spiro atoms. The van der Waals surface area contributed by atoms with Crippen molar-refractivity contribution >= 4 is 23.2 Å². The summed E-state index contributed by atoms with van der Waals surface area (Å²) < 4.78 is 44.2. The normalized spacial score (nSPS) is 12.3. The van der Waals surface area contributed by atoms with Gasteiger partial charge in [-0.1, -0.05) is 48.9 Å². The number of hydrogen-bond acceptors (Lipinski definition) is 4. The molecular formula is C23H21ClF3N3O2. The number of halogens is 4. The fourth-order valence-corrected chi connectivity index (χ4v) is 3.32. The molecule has 1 unspecified atom stereocenters. The van der Waals surface area contributed by atoms with E-state index in [4.69, 9.17) is 16.3 Å². The maximum absolute atomic E-state index is 12.8. The lowest BCUT2D eigenvalue weighted by molar-refractivity contribution is -0.137. The van der Waals surface area contributed by atoms with Crippen molar-refractivity contribution in [2.75, 3.05) is 5.32 Å². The minimum absolute atomic E-state index is 0.0389. The summed E-state index contributed by atoms with van der Waals surface area (Å²) in [5.41, 5.74) is 1.08. The summed E-state index contributed by atoms with van der Waals surface area (Å²) >= 11 is 6.27. The number of pyridine rings is 2. The molecule has 1 aromatic carbocycles. The molecule has 0 aliphatic rings. The van der Waals surface area contributed by atoms with Crippen molar-refractivity contribution in [2.45, 2.75) is 38.5 Å². The van der Waals surface area contributed by atoms with Crippen LogP contribution in [0.1, 0.15) is 42.7 Å². The van der Waals surface area contributed by atoms with Crippen LogP contribution in [0.4, 0.5) is 18.9 Å². The molecule has 1 atom stereocenters. The summed E-state index contributed by atoms with van der Waals surface area (Å²) in [6, 6.07) is 12.8. The van der Waals surface area contributed by atoms with Gasteiger partial charge in [0.15, 0.2) is 0 Å². The number of carbonyl (C=O) groups excluding carboxylic acids is 1. The SMILES string of the molecule is CCc1nccc(NC(=O)CCC(Oc2ccc(C(F)(F)F)cn2)c2ccccc2)c1Cl. The average Bonchev–Trinajstić information content (AvgIpc) is 2.78. The average molecular weight is 464 g/mol. The van der Waals surface area contributed by atoms with Gasteiger partial charge in [0.1, 0.15) is 6.10 Å². The van der Waals surface area contributed by atoms with Crippen LogP contribution in [-0.2, 0) is 17.4 Å². The summed E-state index contributed by atoms with van der Waals surface area (Å²) in [6.45, 7) is 1.91. The molecule has 0 fully saturated rings. The van der Waals surface area contributed by atoms with Gasteiger partial charge < -0.3 is 10.1 Å². The molecule has 0 radical (unpaired) electrons. The zero-order valence-corrected chi connectivity index (χ0v) is 18.0. The molecule has 9 heteroatoms. The Balaban J connectivity index is 1.70. The number of aromatic nitrogens is 2. The fraction of sp³-hybridized carbons (Fsp3) is 0.261. The highest BCUT2D eigenvalue weighted by molar-refractivity contribution is 6.34. The second-order valence-corrected chi connectivity index (χ2v) is 7.34. The van der Waals surface area contributed by atoms with Gasteiger partial charge in [0.25, 0.3) is 0 Å². The first-order valence-corrected chi connectivity index (χ1v) is 10.3. The zero-order valence-electron chi connectivity index (χ0n) is 17.2. The van der Waals surface area contributed by atoms with Crippen LogP contribution in [0.2, 0.25) is 5.02 Å². The Morgan fingerprint density at radius 1 is 1.12 bits per heavy atom. The minimum Gasteiger partial charge on any atom is -0.469 e. The van der Waals surface area contributed by atoms with E-state index in [0.717, 1.165) is 17.8 Å². The molecule has 3 aromatic rings. The highest BCUT2D eigenvalue weighted by Gasteiger charge is 2.31. The first-order valence-electron chi connectivity index (χ1n) is 9.96. The van der Waals surface area contributed by atoms with E-state index >= 15 is 0 Å². The number of aryl methyl sites for hydroxylation is 1. The van der Waals surface area contributed by atoms with Gasteiger partial charge in [0.2, 0.25) is 11.8 Å². The van der Waals surface area contributed by atoms with E-state index in [9.17, 15) is 18.0 Å². The predicted octanol–water partition coefficient (Wildman–Crippen LogP) is 6.25. The molecule has 2 aromatic heterocycles. The van der Waals surface area contributed by atoms with Crippen LogP contribution in [0, 0.1) is 0 Å². The number of alkyl halides is 3. The van der Waals surface area contributed by atoms with E-state index in [1.54, 1.807) is 12.3 Å². The summed E-state index contributed by atoms with van der Waals surface area (Å²) in [4.78, 5) is 20.5. The van der Waals surface area contributed by atoms with E-state index < -0.39 is 17.8 Å². The lowest BCUT2D eigenvalue weighted by atomic mass is 10.0. The molecule has 3 rings (SSSR count). The van der Waals surface area contributed by atoms with Gasteiger partial charge in [-0.05, 0) is 30.5 Å². The standard InChI is InChI=1S/C23H21ClF3N3O2/c1-2-17-22(24)18(12-13-28-17)30-20(31)10-9-19(15-6-4-3-5-7-15)32-21-11-8-16(14-29-21)23(25,26)27/h3-8,11-14,19H,2,9-10H2,1H3,(H,28,30,31). The van der Waals surface area contributed by atoms with Crippen molar-refractivity contribution in [2.24, 2.45) is 0 Å². The molecule has 32 heavy (non-hydrogen) atoms. The second kappa shape index (κ2) is 10.5. The largest absolute Gasteiger partial charge is 0.469 e. The summed E-state index contributed by atoms with van der Waals surface area (Å²) in [5.74, 6) is -0.234. The predicted molar refractivity (Wildman–Crippen MR) is 116 cm³/mol. The topological polar surface area (TPSA) is 64.1 Å². The van der Waals surface area contributed by atoms with E-state index in [-0.39, 0.29) is 24.6 Å². The van der Waals surface area contributed by atoms with Gasteiger partial charge in [-0.3, -0.25) is 9.78 Å². The lowest BCUT2D eigenvalue weighted by Gasteiger charge is -2.19. The Labute approximate surface area is 188 Å². The number of hydrogen-bond donors (Lipinski definition) is 1. The van der Waals surface area contributed by atoms with Crippen molar-refractivity contribution in [3.63, 3.8) is 0 Å². The van der Waals surface area contributed by atoms with E-state index in [1.807, 2.05) is 37.3 Å². The Hall–Kier alpha value is -3.13. The van der Waals surface area contributed by atoms with Crippen molar-refractivity contribution in [3.05, 3.63) is 82.8 Å². The molecule has 0 aliphatic carbocycles. The van der Waals surface area contributed by atoms with Gasteiger partial charge in [0.05, 0.1) is 22.0 Å². The van der Waals surface area contributed by atoms with E-state index in [1.165, 1.54) is 6.07 Å². The van der Waals surface area contributed by atoms with Crippen LogP contribution in [0.15, 0.2) is 60.9 Å². The van der Waals surface area contributed by atoms with Crippen molar-refractivity contribution in [1.82, 2.24) is 9.97 Å². The first kappa shape index (κ1) is 23.5. The second-order valence-electron chi connectivity index (χ2n) is 6.96. The number of nitrogens with one attached hydrogen (secondary N) is 1. The first-order chi connectivity index (χ1) is 15.3. The van der Waals surface area contributed by atoms with Gasteiger partial charge >= 0.3 is 6.18 Å². The fourth-order valence-electron chi connectivity index (χ4n) is 3.03. The summed E-state index contributed by atoms with van der Waals surface area (Å²) in [5, 5.41) is 3.17. The summed E-state index contributed by atoms with van der Waals surface area (Å²) in [6.07, 6.45) is -1.75. The molecule has 0 saturated heterocycles. The molecule has 0 aliphatic heterocycles. The monoisotopic (exact) mass is 463 g/mol. The quantitative estimate of drug-likeness (QED) is 0.429. The third kappa shape index (κ3) is 6.20. The molecule has 5 nitrogen and oxygen atoms in total. The molecule has 2 heterocycles. The number of amides is 1. The molecule has 168 valence electrons. The van der Waals surface area contributed by atoms with E-state index in [0.29, 0.717) is 22.8 Å². The molecule has 1 N–H and O–H groups in total. The Kier molecular flexibility index (Phi) is 7.69. The van der Waals surface area contributed by atoms with Gasteiger partial charge in [-0.15, -0.1) is 0 Å². The number of nitrogens with zero attached hydrogens (tertiary/aromatic N) is 2. The number of ether oxygens (including phenoxy) is 1. The number of carbonyl (C=O) groups is 1. The van der Waals surface area contributed by atoms with Crippen molar-refractivity contribution in [1.29, 1.82) is 0 Å². The van der Waals surface area contributed by atoms with Gasteiger partial charge in [-0.25, -0.2) is 4.98 Å². The number of benzene rings is 1. The Morgan fingerprint density at radius 2 is 1.88 bits per heavy atom. The van der Waals surface area contributed by atoms with E-state index in [2.05, 4.69) is 15.3 Å². The van der Waals surface area contributed by atoms with Crippen molar-refractivity contribution in [3.8, 4) is 5.88 Å². The van der Waals surface area contributed by atoms with Gasteiger partial charge in [0, 0.05) is 24.9 Å². The molecule has 0 bridgehead atoms. The number of anilines is 1. The van der Waals surface area contributed by atoms with Crippen LogP contribution in [0.25, 0.3) is 0 Å². The highest BCUT2D eigenvalue weighted by atomic mass is 35.5. The maximum atomic E-state index is 12.8. The molecule has 1 amide bonds. The minimum atomic E-state index is -4.48. The third-order valence-electron chi connectivity index (χ3n) is 4.70. The Morgan fingerprint density at radius 3 is 2.50 bits per heavy atom. The number of rotatable bonds is 8. The maximum Gasteiger partial charge on any atom is 0.417 e. The highest BCUT2D eigenvalue weighted by Crippen LogP contribution is 2.31. The molecule has 0 saturated carbocycles. The van der Waals surface area contributed by atoms with Crippen LogP contribution in [0.3, 0.4) is 0 Å². The molecular weight excluding hydrogens is 443 g/mol. The lowest BCUT2D eigenvalue weighted by Crippen LogP contribution is -2.16.